The number of amides is 1. The highest BCUT2D eigenvalue weighted by Gasteiger charge is 2.27. The molecule has 0 unspecified atom stereocenters. The van der Waals surface area contributed by atoms with Crippen LogP contribution in [0, 0.1) is 6.92 Å². The molecule has 1 amide bonds. The van der Waals surface area contributed by atoms with Gasteiger partial charge in [0.05, 0.1) is 19.8 Å². The number of aryl methyl sites for hydroxylation is 1. The minimum Gasteiger partial charge on any atom is -0.497 e. The number of para-hydroxylation sites is 1. The Hall–Kier alpha value is -3.35. The largest absolute Gasteiger partial charge is 0.497 e. The van der Waals surface area contributed by atoms with Gasteiger partial charge in [-0.3, -0.25) is 9.69 Å². The van der Waals surface area contributed by atoms with Gasteiger partial charge in [-0.1, -0.05) is 60.2 Å². The van der Waals surface area contributed by atoms with Crippen LogP contribution in [0.4, 0.5) is 0 Å². The van der Waals surface area contributed by atoms with E-state index in [0.717, 1.165) is 36.5 Å². The Labute approximate surface area is 214 Å². The average Bonchev–Trinajstić information content (AvgIpc) is 2.92. The smallest absolute Gasteiger partial charge is 0.263 e. The van der Waals surface area contributed by atoms with Crippen molar-refractivity contribution in [1.82, 2.24) is 9.80 Å². The summed E-state index contributed by atoms with van der Waals surface area (Å²) in [7, 11) is 1.68. The molecule has 3 aromatic rings. The molecular weight excluding hydrogens is 452 g/mol. The second-order valence-electron chi connectivity index (χ2n) is 9.26. The van der Waals surface area contributed by atoms with Crippen LogP contribution in [-0.4, -0.2) is 61.6 Å². The monoisotopic (exact) mass is 488 g/mol. The number of benzene rings is 3. The molecule has 0 aliphatic carbocycles. The summed E-state index contributed by atoms with van der Waals surface area (Å²) in [4.78, 5) is 17.2. The summed E-state index contributed by atoms with van der Waals surface area (Å²) < 4.78 is 17.7. The molecule has 6 heteroatoms. The molecule has 1 heterocycles. The quantitative estimate of drug-likeness (QED) is 0.407. The molecule has 0 N–H and O–H groups in total. The van der Waals surface area contributed by atoms with Crippen molar-refractivity contribution in [3.8, 4) is 11.5 Å². The van der Waals surface area contributed by atoms with E-state index in [-0.39, 0.29) is 12.0 Å². The Morgan fingerprint density at radius 3 is 2.28 bits per heavy atom. The molecule has 0 saturated carbocycles. The van der Waals surface area contributed by atoms with E-state index in [1.165, 1.54) is 5.56 Å². The Morgan fingerprint density at radius 2 is 1.58 bits per heavy atom. The normalized spacial score (nSPS) is 15.8. The predicted octanol–water partition coefficient (Wildman–Crippen LogP) is 4.87. The van der Waals surface area contributed by atoms with Crippen molar-refractivity contribution in [3.63, 3.8) is 0 Å². The fourth-order valence-corrected chi connectivity index (χ4v) is 4.37. The van der Waals surface area contributed by atoms with Crippen LogP contribution in [0.5, 0.6) is 11.5 Å². The molecule has 1 aliphatic heterocycles. The van der Waals surface area contributed by atoms with Crippen molar-refractivity contribution in [3.05, 3.63) is 95.6 Å². The first-order valence-electron chi connectivity index (χ1n) is 12.6. The zero-order chi connectivity index (χ0) is 25.3. The first kappa shape index (κ1) is 25.7. The highest BCUT2D eigenvalue weighted by molar-refractivity contribution is 5.81. The van der Waals surface area contributed by atoms with Crippen molar-refractivity contribution in [2.24, 2.45) is 0 Å². The van der Waals surface area contributed by atoms with Crippen LogP contribution in [0.3, 0.4) is 0 Å². The number of hydrogen-bond donors (Lipinski definition) is 0. The fourth-order valence-electron chi connectivity index (χ4n) is 4.37. The van der Waals surface area contributed by atoms with Gasteiger partial charge in [-0.15, -0.1) is 0 Å². The summed E-state index contributed by atoms with van der Waals surface area (Å²) in [5.74, 6) is 1.56. The zero-order valence-corrected chi connectivity index (χ0v) is 21.4. The van der Waals surface area contributed by atoms with E-state index in [1.807, 2.05) is 60.4 Å². The molecule has 0 radical (unpaired) electrons. The van der Waals surface area contributed by atoms with Gasteiger partial charge in [0.15, 0.2) is 6.10 Å². The van der Waals surface area contributed by atoms with Crippen LogP contribution in [0.25, 0.3) is 0 Å². The highest BCUT2D eigenvalue weighted by atomic mass is 16.5. The number of carbonyl (C=O) groups excluding carboxylic acids is 1. The van der Waals surface area contributed by atoms with Gasteiger partial charge >= 0.3 is 0 Å². The maximum Gasteiger partial charge on any atom is 0.263 e. The van der Waals surface area contributed by atoms with E-state index in [1.54, 1.807) is 7.11 Å². The van der Waals surface area contributed by atoms with E-state index in [9.17, 15) is 4.79 Å². The van der Waals surface area contributed by atoms with E-state index in [2.05, 4.69) is 42.2 Å². The van der Waals surface area contributed by atoms with E-state index in [4.69, 9.17) is 14.2 Å². The van der Waals surface area contributed by atoms with Crippen molar-refractivity contribution < 1.29 is 19.0 Å². The lowest BCUT2D eigenvalue weighted by atomic mass is 10.1. The van der Waals surface area contributed by atoms with Crippen LogP contribution in [0.1, 0.15) is 29.7 Å². The number of methoxy groups -OCH3 is 1. The molecule has 2 atom stereocenters. The number of nitrogens with zero attached hydrogens (tertiary/aromatic N) is 2. The Kier molecular flexibility index (Phi) is 8.98. The molecule has 36 heavy (non-hydrogen) atoms. The van der Waals surface area contributed by atoms with Gasteiger partial charge < -0.3 is 19.1 Å². The van der Waals surface area contributed by atoms with Gasteiger partial charge in [-0.2, -0.15) is 0 Å². The van der Waals surface area contributed by atoms with E-state index < -0.39 is 6.10 Å². The van der Waals surface area contributed by atoms with E-state index in [0.29, 0.717) is 25.4 Å². The summed E-state index contributed by atoms with van der Waals surface area (Å²) >= 11 is 0. The van der Waals surface area contributed by atoms with Crippen molar-refractivity contribution >= 4 is 5.91 Å². The van der Waals surface area contributed by atoms with Crippen molar-refractivity contribution in [2.75, 3.05) is 39.8 Å². The predicted molar refractivity (Wildman–Crippen MR) is 141 cm³/mol. The highest BCUT2D eigenvalue weighted by Crippen LogP contribution is 2.25. The Balaban J connectivity index is 1.35. The summed E-state index contributed by atoms with van der Waals surface area (Å²) in [5, 5.41) is 0. The third-order valence-electron chi connectivity index (χ3n) is 6.55. The molecule has 6 nitrogen and oxygen atoms in total. The fraction of sp³-hybridized carbons (Fsp3) is 0.367. The van der Waals surface area contributed by atoms with Crippen LogP contribution in [0.2, 0.25) is 0 Å². The Morgan fingerprint density at radius 1 is 0.889 bits per heavy atom. The first-order valence-corrected chi connectivity index (χ1v) is 12.6. The minimum atomic E-state index is -0.513. The standard InChI is InChI=1S/C30H36N2O4/c1-23-12-14-25(15-13-23)22-35-29(26-8-7-11-28(20-26)34-3)21-31-16-18-32(19-17-31)30(33)24(2)36-27-9-5-4-6-10-27/h4-15,20,24,29H,16-19,21-22H2,1-3H3/t24-,29+/m1/s1. The molecule has 0 bridgehead atoms. The summed E-state index contributed by atoms with van der Waals surface area (Å²) in [6.45, 7) is 8.11. The molecule has 0 spiro atoms. The summed E-state index contributed by atoms with van der Waals surface area (Å²) in [5.41, 5.74) is 3.47. The van der Waals surface area contributed by atoms with Crippen LogP contribution in [0.15, 0.2) is 78.9 Å². The van der Waals surface area contributed by atoms with E-state index >= 15 is 0 Å². The molecular formula is C30H36N2O4. The minimum absolute atomic E-state index is 0.0264. The maximum atomic E-state index is 13.0. The molecule has 0 aromatic heterocycles. The lowest BCUT2D eigenvalue weighted by Gasteiger charge is -2.37. The number of carbonyl (C=O) groups is 1. The number of piperazine rings is 1. The van der Waals surface area contributed by atoms with Gasteiger partial charge in [0.2, 0.25) is 0 Å². The number of hydrogen-bond acceptors (Lipinski definition) is 5. The molecule has 190 valence electrons. The number of rotatable bonds is 10. The van der Waals surface area contributed by atoms with Gasteiger partial charge in [-0.25, -0.2) is 0 Å². The van der Waals surface area contributed by atoms with Gasteiger partial charge in [-0.05, 0) is 49.2 Å². The topological polar surface area (TPSA) is 51.2 Å². The van der Waals surface area contributed by atoms with Crippen molar-refractivity contribution in [2.45, 2.75) is 32.7 Å². The second-order valence-corrected chi connectivity index (χ2v) is 9.26. The van der Waals surface area contributed by atoms with Gasteiger partial charge in [0.25, 0.3) is 5.91 Å². The zero-order valence-electron chi connectivity index (χ0n) is 21.4. The second kappa shape index (κ2) is 12.6. The Bertz CT molecular complexity index is 1100. The summed E-state index contributed by atoms with van der Waals surface area (Å²) in [6.07, 6.45) is -0.620. The van der Waals surface area contributed by atoms with Crippen LogP contribution < -0.4 is 9.47 Å². The van der Waals surface area contributed by atoms with Gasteiger partial charge in [0, 0.05) is 32.7 Å². The number of ether oxygens (including phenoxy) is 3. The van der Waals surface area contributed by atoms with Crippen molar-refractivity contribution in [1.29, 1.82) is 0 Å². The average molecular weight is 489 g/mol. The molecule has 1 fully saturated rings. The van der Waals surface area contributed by atoms with Crippen LogP contribution in [-0.2, 0) is 16.1 Å². The third kappa shape index (κ3) is 7.09. The first-order chi connectivity index (χ1) is 17.5. The molecule has 1 aliphatic rings. The lowest BCUT2D eigenvalue weighted by Crippen LogP contribution is -2.52. The van der Waals surface area contributed by atoms with Crippen LogP contribution >= 0.6 is 0 Å². The lowest BCUT2D eigenvalue weighted by molar-refractivity contribution is -0.140. The molecule has 4 rings (SSSR count). The molecule has 3 aromatic carbocycles. The maximum absolute atomic E-state index is 13.0. The SMILES string of the molecule is COc1cccc([C@H](CN2CCN(C(=O)[C@@H](C)Oc3ccccc3)CC2)OCc2ccc(C)cc2)c1. The van der Waals surface area contributed by atoms with Gasteiger partial charge in [0.1, 0.15) is 11.5 Å². The summed E-state index contributed by atoms with van der Waals surface area (Å²) in [6, 6.07) is 26.0. The third-order valence-corrected chi connectivity index (χ3v) is 6.55. The molecule has 1 saturated heterocycles.